The maximum Gasteiger partial charge on any atom is 0.333 e. The average Bonchev–Trinajstić information content (AvgIpc) is 2.36. The molecule has 0 heterocycles. The Hall–Kier alpha value is -2.04. The van der Waals surface area contributed by atoms with Crippen molar-refractivity contribution in [3.63, 3.8) is 0 Å². The first kappa shape index (κ1) is 16.0. The highest BCUT2D eigenvalue weighted by Crippen LogP contribution is 2.13. The first-order valence-electron chi connectivity index (χ1n) is 5.33. The maximum atomic E-state index is 11.6. The molecule has 0 aromatic heterocycles. The van der Waals surface area contributed by atoms with Crippen LogP contribution in [0, 0.1) is 10.1 Å². The third kappa shape index (κ3) is 4.91. The molecular formula is C10H12N2O7S. The van der Waals surface area contributed by atoms with E-state index in [4.69, 9.17) is 10.2 Å². The third-order valence-electron chi connectivity index (χ3n) is 2.29. The quantitative estimate of drug-likeness (QED) is 0.452. The summed E-state index contributed by atoms with van der Waals surface area (Å²) in [6, 6.07) is 4.89. The van der Waals surface area contributed by atoms with E-state index < -0.39 is 39.3 Å². The van der Waals surface area contributed by atoms with E-state index in [-0.39, 0.29) is 5.69 Å². The fourth-order valence-electron chi connectivity index (χ4n) is 1.28. The lowest BCUT2D eigenvalue weighted by Crippen LogP contribution is -2.37. The highest BCUT2D eigenvalue weighted by atomic mass is 32.2. The summed E-state index contributed by atoms with van der Waals surface area (Å²) in [6.07, 6.45) is -1.83. The van der Waals surface area contributed by atoms with Crippen molar-refractivity contribution in [1.29, 1.82) is 0 Å². The smallest absolute Gasteiger partial charge is 0.333 e. The number of benzene rings is 1. The predicted octanol–water partition coefficient (Wildman–Crippen LogP) is -0.540. The molecule has 0 aliphatic heterocycles. The van der Waals surface area contributed by atoms with Gasteiger partial charge in [-0.1, -0.05) is 12.1 Å². The Morgan fingerprint density at radius 3 is 2.35 bits per heavy atom. The molecule has 110 valence electrons. The van der Waals surface area contributed by atoms with Crippen LogP contribution < -0.4 is 4.72 Å². The Balaban J connectivity index is 2.66. The van der Waals surface area contributed by atoms with Crippen molar-refractivity contribution >= 4 is 21.7 Å². The molecule has 1 aromatic carbocycles. The van der Waals surface area contributed by atoms with E-state index >= 15 is 0 Å². The standard InChI is InChI=1S/C10H12N2O7S/c13-9(10(14)15)5-11-20(18,19)6-7-1-3-8(4-2-7)12(16)17/h1-4,9,11,13H,5-6H2,(H,14,15). The number of carboxylic acid groups (broad SMARTS) is 1. The molecular weight excluding hydrogens is 292 g/mol. The van der Waals surface area contributed by atoms with Gasteiger partial charge in [0.2, 0.25) is 10.0 Å². The van der Waals surface area contributed by atoms with Crippen molar-refractivity contribution < 1.29 is 28.3 Å². The van der Waals surface area contributed by atoms with Gasteiger partial charge in [0.1, 0.15) is 0 Å². The van der Waals surface area contributed by atoms with Gasteiger partial charge in [-0.3, -0.25) is 10.1 Å². The summed E-state index contributed by atoms with van der Waals surface area (Å²) in [7, 11) is -3.84. The Morgan fingerprint density at radius 1 is 1.35 bits per heavy atom. The molecule has 10 heteroatoms. The zero-order chi connectivity index (χ0) is 15.3. The summed E-state index contributed by atoms with van der Waals surface area (Å²) in [4.78, 5) is 20.1. The summed E-state index contributed by atoms with van der Waals surface area (Å²) < 4.78 is 25.1. The van der Waals surface area contributed by atoms with Gasteiger partial charge in [0.05, 0.1) is 10.7 Å². The summed E-state index contributed by atoms with van der Waals surface area (Å²) in [5, 5.41) is 27.8. The normalized spacial score (nSPS) is 12.8. The number of hydrogen-bond donors (Lipinski definition) is 3. The molecule has 0 spiro atoms. The van der Waals surface area contributed by atoms with Crippen LogP contribution in [0.3, 0.4) is 0 Å². The predicted molar refractivity (Wildman–Crippen MR) is 67.4 cm³/mol. The minimum Gasteiger partial charge on any atom is -0.479 e. The van der Waals surface area contributed by atoms with Crippen LogP contribution in [0.1, 0.15) is 5.56 Å². The van der Waals surface area contributed by atoms with Gasteiger partial charge >= 0.3 is 5.97 Å². The van der Waals surface area contributed by atoms with E-state index in [1.165, 1.54) is 12.1 Å². The summed E-state index contributed by atoms with van der Waals surface area (Å²) in [5.41, 5.74) is 0.133. The van der Waals surface area contributed by atoms with Gasteiger partial charge in [0.15, 0.2) is 6.10 Å². The minimum atomic E-state index is -3.84. The fourth-order valence-corrected chi connectivity index (χ4v) is 2.42. The number of nitrogens with zero attached hydrogens (tertiary/aromatic N) is 1. The Labute approximate surface area is 114 Å². The van der Waals surface area contributed by atoms with Gasteiger partial charge in [-0.25, -0.2) is 17.9 Å². The molecule has 1 atom stereocenters. The topological polar surface area (TPSA) is 147 Å². The number of sulfonamides is 1. The van der Waals surface area contributed by atoms with Gasteiger partial charge in [-0.05, 0) is 5.56 Å². The average molecular weight is 304 g/mol. The van der Waals surface area contributed by atoms with Crippen LogP contribution in [-0.2, 0) is 20.6 Å². The van der Waals surface area contributed by atoms with E-state index in [2.05, 4.69) is 0 Å². The third-order valence-corrected chi connectivity index (χ3v) is 3.61. The van der Waals surface area contributed by atoms with Crippen LogP contribution in [-0.4, -0.2) is 42.2 Å². The molecule has 0 bridgehead atoms. The maximum absolute atomic E-state index is 11.6. The lowest BCUT2D eigenvalue weighted by molar-refractivity contribution is -0.384. The van der Waals surface area contributed by atoms with Crippen molar-refractivity contribution in [1.82, 2.24) is 4.72 Å². The van der Waals surface area contributed by atoms with Crippen LogP contribution in [0.15, 0.2) is 24.3 Å². The number of aliphatic hydroxyl groups is 1. The van der Waals surface area contributed by atoms with Crippen LogP contribution in [0.25, 0.3) is 0 Å². The van der Waals surface area contributed by atoms with Gasteiger partial charge in [0, 0.05) is 18.7 Å². The number of carbonyl (C=O) groups is 1. The van der Waals surface area contributed by atoms with E-state index in [1.54, 1.807) is 0 Å². The zero-order valence-corrected chi connectivity index (χ0v) is 10.9. The van der Waals surface area contributed by atoms with Crippen molar-refractivity contribution in [3.8, 4) is 0 Å². The summed E-state index contributed by atoms with van der Waals surface area (Å²) >= 11 is 0. The van der Waals surface area contributed by atoms with Gasteiger partial charge in [-0.2, -0.15) is 0 Å². The van der Waals surface area contributed by atoms with Gasteiger partial charge in [0.25, 0.3) is 5.69 Å². The molecule has 3 N–H and O–H groups in total. The van der Waals surface area contributed by atoms with Crippen LogP contribution in [0.4, 0.5) is 5.69 Å². The van der Waals surface area contributed by atoms with Crippen molar-refractivity contribution in [2.75, 3.05) is 6.54 Å². The van der Waals surface area contributed by atoms with Crippen LogP contribution in [0.5, 0.6) is 0 Å². The molecule has 0 radical (unpaired) electrons. The van der Waals surface area contributed by atoms with Crippen molar-refractivity contribution in [2.24, 2.45) is 0 Å². The minimum absolute atomic E-state index is 0.166. The van der Waals surface area contributed by atoms with Crippen molar-refractivity contribution in [3.05, 3.63) is 39.9 Å². The molecule has 9 nitrogen and oxygen atoms in total. The number of rotatable bonds is 7. The number of aliphatic carboxylic acids is 1. The Bertz CT molecular complexity index is 597. The number of non-ortho nitro benzene ring substituents is 1. The highest BCUT2D eigenvalue weighted by Gasteiger charge is 2.18. The molecule has 1 rings (SSSR count). The Kier molecular flexibility index (Phi) is 5.13. The zero-order valence-electron chi connectivity index (χ0n) is 10.1. The number of hydrogen-bond acceptors (Lipinski definition) is 6. The number of nitrogens with one attached hydrogen (secondary N) is 1. The number of nitro benzene ring substituents is 1. The molecule has 0 aliphatic rings. The van der Waals surface area contributed by atoms with Crippen molar-refractivity contribution in [2.45, 2.75) is 11.9 Å². The second kappa shape index (κ2) is 6.41. The first-order valence-corrected chi connectivity index (χ1v) is 6.98. The molecule has 20 heavy (non-hydrogen) atoms. The number of nitro groups is 1. The molecule has 0 fully saturated rings. The largest absolute Gasteiger partial charge is 0.479 e. The van der Waals surface area contributed by atoms with E-state index in [1.807, 2.05) is 4.72 Å². The molecule has 1 aromatic rings. The second-order valence-electron chi connectivity index (χ2n) is 3.89. The summed E-state index contributed by atoms with van der Waals surface area (Å²) in [5.74, 6) is -2.01. The molecule has 0 saturated carbocycles. The van der Waals surface area contributed by atoms with E-state index in [0.29, 0.717) is 5.56 Å². The lowest BCUT2D eigenvalue weighted by atomic mass is 10.2. The summed E-state index contributed by atoms with van der Waals surface area (Å²) in [6.45, 7) is -0.648. The Morgan fingerprint density at radius 2 is 1.90 bits per heavy atom. The van der Waals surface area contributed by atoms with Crippen LogP contribution in [0.2, 0.25) is 0 Å². The van der Waals surface area contributed by atoms with E-state index in [9.17, 15) is 23.3 Å². The second-order valence-corrected chi connectivity index (χ2v) is 5.69. The van der Waals surface area contributed by atoms with Crippen LogP contribution >= 0.6 is 0 Å². The monoisotopic (exact) mass is 304 g/mol. The SMILES string of the molecule is O=C(O)C(O)CNS(=O)(=O)Cc1ccc([N+](=O)[O-])cc1. The van der Waals surface area contributed by atoms with Gasteiger partial charge in [-0.15, -0.1) is 0 Å². The number of carboxylic acids is 1. The first-order chi connectivity index (χ1) is 9.21. The molecule has 1 unspecified atom stereocenters. The molecule has 0 amide bonds. The lowest BCUT2D eigenvalue weighted by Gasteiger charge is -2.08. The number of aliphatic hydroxyl groups excluding tert-OH is 1. The fraction of sp³-hybridized carbons (Fsp3) is 0.300. The van der Waals surface area contributed by atoms with Gasteiger partial charge < -0.3 is 10.2 Å². The van der Waals surface area contributed by atoms with E-state index in [0.717, 1.165) is 12.1 Å². The molecule has 0 aliphatic carbocycles. The highest BCUT2D eigenvalue weighted by molar-refractivity contribution is 7.88. The molecule has 0 saturated heterocycles.